The van der Waals surface area contributed by atoms with Crippen molar-refractivity contribution in [1.82, 2.24) is 15.0 Å². The number of aromatic amines is 1. The van der Waals surface area contributed by atoms with Gasteiger partial charge in [0.1, 0.15) is 6.67 Å². The molecule has 1 unspecified atom stereocenters. The highest BCUT2D eigenvalue weighted by atomic mass is 19.1. The number of benzene rings is 1. The van der Waals surface area contributed by atoms with Crippen LogP contribution in [0.3, 0.4) is 0 Å². The maximum Gasteiger partial charge on any atom is 0.257 e. The maximum atomic E-state index is 13.7. The molecule has 4 aromatic rings. The molecule has 162 valence electrons. The first-order chi connectivity index (χ1) is 15.1. The first-order valence-electron chi connectivity index (χ1n) is 10.3. The van der Waals surface area contributed by atoms with Crippen molar-refractivity contribution in [3.8, 4) is 17.0 Å². The van der Waals surface area contributed by atoms with Crippen LogP contribution >= 0.6 is 0 Å². The summed E-state index contributed by atoms with van der Waals surface area (Å²) in [6, 6.07) is 11.3. The molecule has 0 saturated carbocycles. The Bertz CT molecular complexity index is 1250. The van der Waals surface area contributed by atoms with Crippen LogP contribution in [0.25, 0.3) is 32.9 Å². The van der Waals surface area contributed by atoms with Gasteiger partial charge in [0, 0.05) is 11.6 Å². The van der Waals surface area contributed by atoms with Crippen LogP contribution in [0.1, 0.15) is 37.9 Å². The minimum atomic E-state index is -0.839. The third-order valence-electron chi connectivity index (χ3n) is 5.21. The smallest absolute Gasteiger partial charge is 0.257 e. The van der Waals surface area contributed by atoms with Crippen molar-refractivity contribution in [3.05, 3.63) is 64.2 Å². The number of H-pyrrole nitrogens is 1. The zero-order chi connectivity index (χ0) is 22.5. The fourth-order valence-corrected chi connectivity index (χ4v) is 3.58. The topological polar surface area (TPSA) is 93.9 Å². The summed E-state index contributed by atoms with van der Waals surface area (Å²) in [6.07, 6.45) is 1.61. The number of nitrogens with one attached hydrogen (secondary N) is 1. The second kappa shape index (κ2) is 9.66. The number of aromatic nitrogens is 3. The van der Waals surface area contributed by atoms with E-state index >= 15 is 0 Å². The number of ether oxygens (including phenoxy) is 1. The SMILES string of the molecule is CC.COc1nc(CF)c2[nH]c(=O)c3cccnc3c2c1-c1ccc(C(C)CN)cc1. The summed E-state index contributed by atoms with van der Waals surface area (Å²) < 4.78 is 19.3. The van der Waals surface area contributed by atoms with E-state index in [1.807, 2.05) is 38.1 Å². The predicted molar refractivity (Wildman–Crippen MR) is 123 cm³/mol. The van der Waals surface area contributed by atoms with E-state index in [4.69, 9.17) is 10.5 Å². The molecule has 0 saturated heterocycles. The molecule has 4 rings (SSSR count). The number of halogens is 1. The lowest BCUT2D eigenvalue weighted by Gasteiger charge is -2.16. The first-order valence-corrected chi connectivity index (χ1v) is 10.3. The third kappa shape index (κ3) is 4.01. The summed E-state index contributed by atoms with van der Waals surface area (Å²) in [4.78, 5) is 24.1. The number of pyridine rings is 3. The quantitative estimate of drug-likeness (QED) is 0.455. The van der Waals surface area contributed by atoms with Crippen molar-refractivity contribution in [3.63, 3.8) is 0 Å². The van der Waals surface area contributed by atoms with Crippen molar-refractivity contribution in [2.45, 2.75) is 33.4 Å². The van der Waals surface area contributed by atoms with Gasteiger partial charge in [-0.1, -0.05) is 45.0 Å². The van der Waals surface area contributed by atoms with Crippen LogP contribution in [0.15, 0.2) is 47.4 Å². The molecule has 3 N–H and O–H groups in total. The molecule has 3 heterocycles. The highest BCUT2D eigenvalue weighted by molar-refractivity contribution is 6.12. The van der Waals surface area contributed by atoms with E-state index in [-0.39, 0.29) is 23.1 Å². The van der Waals surface area contributed by atoms with Crippen LogP contribution in [-0.4, -0.2) is 28.6 Å². The molecule has 0 bridgehead atoms. The number of alkyl halides is 1. The Morgan fingerprint density at radius 3 is 2.52 bits per heavy atom. The maximum absolute atomic E-state index is 13.7. The summed E-state index contributed by atoms with van der Waals surface area (Å²) >= 11 is 0. The van der Waals surface area contributed by atoms with E-state index in [9.17, 15) is 9.18 Å². The predicted octanol–water partition coefficient (Wildman–Crippen LogP) is 4.70. The lowest BCUT2D eigenvalue weighted by Crippen LogP contribution is -2.11. The molecule has 1 atom stereocenters. The lowest BCUT2D eigenvalue weighted by atomic mass is 9.95. The highest BCUT2D eigenvalue weighted by Gasteiger charge is 2.21. The fourth-order valence-electron chi connectivity index (χ4n) is 3.58. The average molecular weight is 423 g/mol. The Morgan fingerprint density at radius 2 is 1.90 bits per heavy atom. The second-order valence-corrected chi connectivity index (χ2v) is 6.94. The van der Waals surface area contributed by atoms with E-state index in [1.165, 1.54) is 7.11 Å². The van der Waals surface area contributed by atoms with Gasteiger partial charge in [-0.3, -0.25) is 9.78 Å². The molecule has 0 aliphatic rings. The molecule has 0 amide bonds. The van der Waals surface area contributed by atoms with E-state index < -0.39 is 6.67 Å². The van der Waals surface area contributed by atoms with Crippen molar-refractivity contribution in [2.24, 2.45) is 5.73 Å². The van der Waals surface area contributed by atoms with Crippen LogP contribution in [0, 0.1) is 0 Å². The van der Waals surface area contributed by atoms with Gasteiger partial charge in [0.15, 0.2) is 0 Å². The molecule has 0 spiro atoms. The zero-order valence-electron chi connectivity index (χ0n) is 18.2. The molecule has 31 heavy (non-hydrogen) atoms. The number of hydrogen-bond acceptors (Lipinski definition) is 5. The number of nitrogens with two attached hydrogens (primary N) is 1. The number of methoxy groups -OCH3 is 1. The van der Waals surface area contributed by atoms with Gasteiger partial charge in [-0.25, -0.2) is 9.37 Å². The van der Waals surface area contributed by atoms with Crippen molar-refractivity contribution in [2.75, 3.05) is 13.7 Å². The normalized spacial score (nSPS) is 11.8. The molecule has 6 nitrogen and oxygen atoms in total. The number of hydrogen-bond donors (Lipinski definition) is 2. The molecule has 1 aromatic carbocycles. The van der Waals surface area contributed by atoms with Gasteiger partial charge in [-0.15, -0.1) is 0 Å². The van der Waals surface area contributed by atoms with Gasteiger partial charge in [-0.05, 0) is 35.7 Å². The summed E-state index contributed by atoms with van der Waals surface area (Å²) in [5.74, 6) is 0.511. The molecule has 0 aliphatic carbocycles. The molecule has 0 radical (unpaired) electrons. The Balaban J connectivity index is 0.00000132. The molecular formula is C24H27FN4O2. The third-order valence-corrected chi connectivity index (χ3v) is 5.21. The Hall–Kier alpha value is -3.32. The van der Waals surface area contributed by atoms with E-state index in [1.54, 1.807) is 18.3 Å². The average Bonchev–Trinajstić information content (AvgIpc) is 2.84. The lowest BCUT2D eigenvalue weighted by molar-refractivity contribution is 0.393. The number of nitrogens with zero attached hydrogens (tertiary/aromatic N) is 2. The molecule has 7 heteroatoms. The Kier molecular flexibility index (Phi) is 6.97. The van der Waals surface area contributed by atoms with Gasteiger partial charge in [0.2, 0.25) is 5.88 Å². The summed E-state index contributed by atoms with van der Waals surface area (Å²) in [7, 11) is 1.49. The van der Waals surface area contributed by atoms with Gasteiger partial charge >= 0.3 is 0 Å². The summed E-state index contributed by atoms with van der Waals surface area (Å²) in [5.41, 5.74) is 8.97. The van der Waals surface area contributed by atoms with Crippen molar-refractivity contribution >= 4 is 21.8 Å². The van der Waals surface area contributed by atoms with E-state index in [2.05, 4.69) is 21.9 Å². The van der Waals surface area contributed by atoms with E-state index in [0.717, 1.165) is 11.1 Å². The van der Waals surface area contributed by atoms with Gasteiger partial charge in [0.05, 0.1) is 34.8 Å². The standard InChI is InChI=1S/C22H21FN4O2.C2H6/c1-12(11-24)13-5-7-14(8-6-13)17-18-19-15(4-3-9-25-19)21(28)27-20(18)16(10-23)26-22(17)29-2;1-2/h3-9,12H,10-11,24H2,1-2H3,(H,27,28);1-2H3. The molecule has 0 fully saturated rings. The molecule has 3 aromatic heterocycles. The number of fused-ring (bicyclic) bond motifs is 3. The van der Waals surface area contributed by atoms with Crippen molar-refractivity contribution in [1.29, 1.82) is 0 Å². The summed E-state index contributed by atoms with van der Waals surface area (Å²) in [5, 5.41) is 1.03. The fraction of sp³-hybridized carbons (Fsp3) is 0.292. The van der Waals surface area contributed by atoms with Gasteiger partial charge in [0.25, 0.3) is 5.56 Å². The monoisotopic (exact) mass is 422 g/mol. The van der Waals surface area contributed by atoms with Gasteiger partial charge < -0.3 is 15.5 Å². The highest BCUT2D eigenvalue weighted by Crippen LogP contribution is 2.39. The van der Waals surface area contributed by atoms with Crippen LogP contribution in [0.2, 0.25) is 0 Å². The largest absolute Gasteiger partial charge is 0.481 e. The van der Waals surface area contributed by atoms with Gasteiger partial charge in [-0.2, -0.15) is 0 Å². The van der Waals surface area contributed by atoms with Crippen molar-refractivity contribution < 1.29 is 9.13 Å². The molecule has 0 aliphatic heterocycles. The van der Waals surface area contributed by atoms with Crippen LogP contribution < -0.4 is 16.0 Å². The van der Waals surface area contributed by atoms with E-state index in [0.29, 0.717) is 33.9 Å². The summed E-state index contributed by atoms with van der Waals surface area (Å²) in [6.45, 7) is 5.77. The first kappa shape index (κ1) is 22.4. The van der Waals surface area contributed by atoms with Crippen LogP contribution in [0.4, 0.5) is 4.39 Å². The minimum Gasteiger partial charge on any atom is -0.481 e. The Morgan fingerprint density at radius 1 is 1.19 bits per heavy atom. The number of rotatable bonds is 5. The van der Waals surface area contributed by atoms with Crippen LogP contribution in [0.5, 0.6) is 5.88 Å². The zero-order valence-corrected chi connectivity index (χ0v) is 18.2. The molecular weight excluding hydrogens is 395 g/mol. The van der Waals surface area contributed by atoms with Crippen LogP contribution in [-0.2, 0) is 6.67 Å². The Labute approximate surface area is 180 Å². The minimum absolute atomic E-state index is 0.110. The second-order valence-electron chi connectivity index (χ2n) is 6.94.